The van der Waals surface area contributed by atoms with E-state index in [2.05, 4.69) is 36.1 Å². The van der Waals surface area contributed by atoms with Crippen LogP contribution < -0.4 is 5.32 Å². The number of rotatable bonds is 7. The smallest absolute Gasteiger partial charge is 0.0863 e. The molecule has 2 heterocycles. The predicted octanol–water partition coefficient (Wildman–Crippen LogP) is 2.69. The van der Waals surface area contributed by atoms with Crippen molar-refractivity contribution < 1.29 is 0 Å². The number of nitrogens with one attached hydrogen (secondary N) is 1. The van der Waals surface area contributed by atoms with Gasteiger partial charge in [0, 0.05) is 25.7 Å². The second-order valence-corrected chi connectivity index (χ2v) is 6.04. The molecule has 1 aliphatic heterocycles. The van der Waals surface area contributed by atoms with Crippen LogP contribution in [0.4, 0.5) is 0 Å². The third-order valence-corrected chi connectivity index (χ3v) is 4.48. The highest BCUT2D eigenvalue weighted by atomic mass is 35.5. The first kappa shape index (κ1) is 15.8. The number of nitrogens with zero attached hydrogens (tertiary/aromatic N) is 3. The molecule has 1 N–H and O–H groups in total. The van der Waals surface area contributed by atoms with E-state index in [0.717, 1.165) is 42.5 Å². The van der Waals surface area contributed by atoms with Gasteiger partial charge in [-0.05, 0) is 46.2 Å². The van der Waals surface area contributed by atoms with E-state index in [0.29, 0.717) is 6.04 Å². The number of halogens is 1. The summed E-state index contributed by atoms with van der Waals surface area (Å²) in [5, 5.41) is 9.00. The zero-order valence-corrected chi connectivity index (χ0v) is 13.7. The van der Waals surface area contributed by atoms with E-state index < -0.39 is 0 Å². The average molecular weight is 299 g/mol. The largest absolute Gasteiger partial charge is 0.307 e. The Morgan fingerprint density at radius 3 is 2.60 bits per heavy atom. The Hall–Kier alpha value is -0.580. The third kappa shape index (κ3) is 3.74. The van der Waals surface area contributed by atoms with Gasteiger partial charge in [0.25, 0.3) is 0 Å². The summed E-state index contributed by atoms with van der Waals surface area (Å²) in [5.74, 6) is 0. The van der Waals surface area contributed by atoms with Crippen molar-refractivity contribution >= 4 is 11.6 Å². The number of hydrogen-bond donors (Lipinski definition) is 1. The van der Waals surface area contributed by atoms with Crippen molar-refractivity contribution in [2.24, 2.45) is 0 Å². The first-order valence-electron chi connectivity index (χ1n) is 7.85. The van der Waals surface area contributed by atoms with E-state index in [1.54, 1.807) is 0 Å². The second kappa shape index (κ2) is 7.43. The molecular formula is C15H27ClN4. The van der Waals surface area contributed by atoms with Gasteiger partial charge >= 0.3 is 0 Å². The standard InChI is InChI=1S/C15H27ClN4/c1-4-13-15(16)14(20(5-2)18-13)10-17-12(3)11-19-8-6-7-9-19/h12,17H,4-11H2,1-3H3. The Balaban J connectivity index is 1.90. The van der Waals surface area contributed by atoms with Crippen LogP contribution in [0.25, 0.3) is 0 Å². The van der Waals surface area contributed by atoms with Gasteiger partial charge in [-0.1, -0.05) is 18.5 Å². The van der Waals surface area contributed by atoms with Gasteiger partial charge in [-0.15, -0.1) is 0 Å². The summed E-state index contributed by atoms with van der Waals surface area (Å²) in [6.45, 7) is 11.8. The average Bonchev–Trinajstić information content (AvgIpc) is 3.04. The quantitative estimate of drug-likeness (QED) is 0.840. The second-order valence-electron chi connectivity index (χ2n) is 5.67. The lowest BCUT2D eigenvalue weighted by Gasteiger charge is -2.21. The molecule has 0 radical (unpaired) electrons. The van der Waals surface area contributed by atoms with E-state index in [1.165, 1.54) is 25.9 Å². The maximum Gasteiger partial charge on any atom is 0.0863 e. The first-order valence-corrected chi connectivity index (χ1v) is 8.23. The van der Waals surface area contributed by atoms with Crippen LogP contribution in [0.1, 0.15) is 45.0 Å². The van der Waals surface area contributed by atoms with Crippen LogP contribution >= 0.6 is 11.6 Å². The molecule has 1 aromatic heterocycles. The van der Waals surface area contributed by atoms with E-state index in [4.69, 9.17) is 11.6 Å². The van der Waals surface area contributed by atoms with Crippen LogP contribution in [-0.4, -0.2) is 40.4 Å². The molecule has 2 rings (SSSR count). The topological polar surface area (TPSA) is 33.1 Å². The van der Waals surface area contributed by atoms with Crippen LogP contribution in [0.2, 0.25) is 5.02 Å². The van der Waals surface area contributed by atoms with Crippen molar-refractivity contribution in [3.63, 3.8) is 0 Å². The summed E-state index contributed by atoms with van der Waals surface area (Å²) in [4.78, 5) is 2.54. The highest BCUT2D eigenvalue weighted by molar-refractivity contribution is 6.31. The molecule has 1 unspecified atom stereocenters. The van der Waals surface area contributed by atoms with Crippen LogP contribution in [0.3, 0.4) is 0 Å². The van der Waals surface area contributed by atoms with Crippen molar-refractivity contribution in [3.05, 3.63) is 16.4 Å². The molecule has 114 valence electrons. The highest BCUT2D eigenvalue weighted by Gasteiger charge is 2.17. The summed E-state index contributed by atoms with van der Waals surface area (Å²) in [5.41, 5.74) is 2.14. The maximum absolute atomic E-state index is 6.43. The molecule has 5 heteroatoms. The summed E-state index contributed by atoms with van der Waals surface area (Å²) in [7, 11) is 0. The van der Waals surface area contributed by atoms with Gasteiger partial charge in [0.05, 0.1) is 16.4 Å². The summed E-state index contributed by atoms with van der Waals surface area (Å²) in [6, 6.07) is 0.481. The van der Waals surface area contributed by atoms with Crippen LogP contribution in [0, 0.1) is 0 Å². The van der Waals surface area contributed by atoms with Gasteiger partial charge in [0.2, 0.25) is 0 Å². The Labute approximate surface area is 127 Å². The molecule has 1 aliphatic rings. The Morgan fingerprint density at radius 1 is 1.30 bits per heavy atom. The molecule has 4 nitrogen and oxygen atoms in total. The predicted molar refractivity (Wildman–Crippen MR) is 84.3 cm³/mol. The van der Waals surface area contributed by atoms with E-state index in [1.807, 2.05) is 4.68 Å². The SMILES string of the molecule is CCc1nn(CC)c(CNC(C)CN2CCCC2)c1Cl. The molecule has 0 saturated carbocycles. The normalized spacial score (nSPS) is 17.8. The van der Waals surface area contributed by atoms with Gasteiger partial charge < -0.3 is 10.2 Å². The molecule has 0 aromatic carbocycles. The molecule has 1 saturated heterocycles. The van der Waals surface area contributed by atoms with Gasteiger partial charge in [0.1, 0.15) is 0 Å². The zero-order chi connectivity index (χ0) is 14.5. The van der Waals surface area contributed by atoms with Crippen molar-refractivity contribution in [3.8, 4) is 0 Å². The minimum Gasteiger partial charge on any atom is -0.307 e. The first-order chi connectivity index (χ1) is 9.65. The molecule has 0 bridgehead atoms. The van der Waals surface area contributed by atoms with Gasteiger partial charge in [-0.25, -0.2) is 0 Å². The number of likely N-dealkylation sites (tertiary alicyclic amines) is 1. The van der Waals surface area contributed by atoms with E-state index in [-0.39, 0.29) is 0 Å². The lowest BCUT2D eigenvalue weighted by Crippen LogP contribution is -2.37. The lowest BCUT2D eigenvalue weighted by molar-refractivity contribution is 0.297. The maximum atomic E-state index is 6.43. The van der Waals surface area contributed by atoms with Crippen molar-refractivity contribution in [2.75, 3.05) is 19.6 Å². The fourth-order valence-electron chi connectivity index (χ4n) is 2.87. The highest BCUT2D eigenvalue weighted by Crippen LogP contribution is 2.21. The van der Waals surface area contributed by atoms with Crippen molar-refractivity contribution in [1.29, 1.82) is 0 Å². The summed E-state index contributed by atoms with van der Waals surface area (Å²) >= 11 is 6.43. The van der Waals surface area contributed by atoms with Crippen molar-refractivity contribution in [1.82, 2.24) is 20.0 Å². The number of aromatic nitrogens is 2. The minimum absolute atomic E-state index is 0.481. The van der Waals surface area contributed by atoms with E-state index in [9.17, 15) is 0 Å². The van der Waals surface area contributed by atoms with Crippen LogP contribution in [0.5, 0.6) is 0 Å². The van der Waals surface area contributed by atoms with Gasteiger partial charge in [0.15, 0.2) is 0 Å². The van der Waals surface area contributed by atoms with E-state index >= 15 is 0 Å². The van der Waals surface area contributed by atoms with Gasteiger partial charge in [-0.2, -0.15) is 5.10 Å². The van der Waals surface area contributed by atoms with Crippen LogP contribution in [-0.2, 0) is 19.5 Å². The van der Waals surface area contributed by atoms with Gasteiger partial charge in [-0.3, -0.25) is 4.68 Å². The van der Waals surface area contributed by atoms with Crippen LogP contribution in [0.15, 0.2) is 0 Å². The fraction of sp³-hybridized carbons (Fsp3) is 0.800. The molecule has 1 aromatic rings. The lowest BCUT2D eigenvalue weighted by atomic mass is 10.2. The summed E-state index contributed by atoms with van der Waals surface area (Å²) in [6.07, 6.45) is 3.59. The molecule has 0 spiro atoms. The molecule has 20 heavy (non-hydrogen) atoms. The Kier molecular flexibility index (Phi) is 5.87. The Morgan fingerprint density at radius 2 is 2.00 bits per heavy atom. The molecule has 0 aliphatic carbocycles. The molecular weight excluding hydrogens is 272 g/mol. The fourth-order valence-corrected chi connectivity index (χ4v) is 3.21. The molecule has 1 fully saturated rings. The summed E-state index contributed by atoms with van der Waals surface area (Å²) < 4.78 is 2.02. The minimum atomic E-state index is 0.481. The molecule has 1 atom stereocenters. The number of aryl methyl sites for hydroxylation is 2. The van der Waals surface area contributed by atoms with Crippen molar-refractivity contribution in [2.45, 2.75) is 59.2 Å². The Bertz CT molecular complexity index is 424. The zero-order valence-electron chi connectivity index (χ0n) is 13.0. The molecule has 0 amide bonds. The monoisotopic (exact) mass is 298 g/mol. The number of hydrogen-bond acceptors (Lipinski definition) is 3. The third-order valence-electron chi connectivity index (χ3n) is 4.04.